The van der Waals surface area contributed by atoms with Gasteiger partial charge >= 0.3 is 0 Å². The van der Waals surface area contributed by atoms with Crippen LogP contribution in [-0.2, 0) is 0 Å². The molecule has 2 saturated carbocycles. The van der Waals surface area contributed by atoms with Gasteiger partial charge in [0, 0.05) is 12.6 Å². The molecule has 3 fully saturated rings. The molecule has 98 valence electrons. The summed E-state index contributed by atoms with van der Waals surface area (Å²) in [4.78, 5) is 2.79. The molecule has 2 bridgehead atoms. The quantitative estimate of drug-likeness (QED) is 0.806. The van der Waals surface area contributed by atoms with Gasteiger partial charge in [-0.15, -0.1) is 0 Å². The van der Waals surface area contributed by atoms with Crippen LogP contribution in [0.1, 0.15) is 39.0 Å². The highest BCUT2D eigenvalue weighted by atomic mass is 15.2. The van der Waals surface area contributed by atoms with E-state index in [0.717, 1.165) is 29.7 Å². The van der Waals surface area contributed by atoms with Gasteiger partial charge in [-0.3, -0.25) is 0 Å². The van der Waals surface area contributed by atoms with Crippen molar-refractivity contribution < 1.29 is 0 Å². The predicted molar refractivity (Wildman–Crippen MR) is 72.0 cm³/mol. The number of hydrogen-bond donors (Lipinski definition) is 1. The van der Waals surface area contributed by atoms with Crippen molar-refractivity contribution >= 4 is 0 Å². The van der Waals surface area contributed by atoms with Crippen LogP contribution in [0.4, 0.5) is 0 Å². The molecule has 0 aromatic carbocycles. The molecule has 0 spiro atoms. The summed E-state index contributed by atoms with van der Waals surface area (Å²) >= 11 is 0. The molecule has 2 nitrogen and oxygen atoms in total. The molecular formula is C15H28N2. The third-order valence-corrected chi connectivity index (χ3v) is 5.80. The van der Waals surface area contributed by atoms with Crippen LogP contribution in [0.15, 0.2) is 0 Å². The molecule has 0 amide bonds. The molecule has 2 heteroatoms. The Hall–Kier alpha value is -0.0800. The Balaban J connectivity index is 1.55. The van der Waals surface area contributed by atoms with Crippen molar-refractivity contribution in [1.29, 1.82) is 0 Å². The average molecular weight is 236 g/mol. The SMILES string of the molecule is CNCC1CCN(C(C)C2CC3CCC2C3)C1. The maximum absolute atomic E-state index is 3.34. The van der Waals surface area contributed by atoms with Crippen LogP contribution in [0.25, 0.3) is 0 Å². The van der Waals surface area contributed by atoms with E-state index < -0.39 is 0 Å². The topological polar surface area (TPSA) is 15.3 Å². The monoisotopic (exact) mass is 236 g/mol. The first-order chi connectivity index (χ1) is 8.28. The number of hydrogen-bond acceptors (Lipinski definition) is 2. The largest absolute Gasteiger partial charge is 0.319 e. The highest BCUT2D eigenvalue weighted by Crippen LogP contribution is 2.50. The number of likely N-dealkylation sites (tertiary alicyclic amines) is 1. The van der Waals surface area contributed by atoms with E-state index in [9.17, 15) is 0 Å². The van der Waals surface area contributed by atoms with Gasteiger partial charge in [0.05, 0.1) is 0 Å². The second-order valence-corrected chi connectivity index (χ2v) is 6.79. The molecule has 2 aliphatic carbocycles. The van der Waals surface area contributed by atoms with E-state index in [2.05, 4.69) is 24.2 Å². The van der Waals surface area contributed by atoms with Gasteiger partial charge in [0.2, 0.25) is 0 Å². The first-order valence-electron chi connectivity index (χ1n) is 7.66. The Bertz CT molecular complexity index is 266. The van der Waals surface area contributed by atoms with Crippen LogP contribution in [-0.4, -0.2) is 37.6 Å². The lowest BCUT2D eigenvalue weighted by molar-refractivity contribution is 0.140. The van der Waals surface area contributed by atoms with Crippen molar-refractivity contribution in [2.45, 2.75) is 45.1 Å². The van der Waals surface area contributed by atoms with Gasteiger partial charge in [-0.1, -0.05) is 6.42 Å². The fourth-order valence-electron chi connectivity index (χ4n) is 4.84. The minimum absolute atomic E-state index is 0.854. The van der Waals surface area contributed by atoms with Crippen molar-refractivity contribution in [2.75, 3.05) is 26.7 Å². The molecule has 3 aliphatic rings. The lowest BCUT2D eigenvalue weighted by Gasteiger charge is -2.34. The summed E-state index contributed by atoms with van der Waals surface area (Å²) in [6, 6.07) is 0.854. The summed E-state index contributed by atoms with van der Waals surface area (Å²) in [6.45, 7) is 6.41. The van der Waals surface area contributed by atoms with Crippen LogP contribution in [0.5, 0.6) is 0 Å². The molecule has 1 saturated heterocycles. The molecular weight excluding hydrogens is 208 g/mol. The fourth-order valence-corrected chi connectivity index (χ4v) is 4.84. The smallest absolute Gasteiger partial charge is 0.00980 e. The molecule has 1 heterocycles. The van der Waals surface area contributed by atoms with E-state index in [1.807, 2.05) is 0 Å². The average Bonchev–Trinajstić information content (AvgIpc) is 3.03. The van der Waals surface area contributed by atoms with Gasteiger partial charge in [-0.05, 0) is 76.4 Å². The molecule has 0 aromatic heterocycles. The Labute approximate surface area is 106 Å². The Kier molecular flexibility index (Phi) is 3.45. The maximum Gasteiger partial charge on any atom is 0.00980 e. The van der Waals surface area contributed by atoms with Gasteiger partial charge in [0.1, 0.15) is 0 Å². The minimum Gasteiger partial charge on any atom is -0.319 e. The van der Waals surface area contributed by atoms with Crippen molar-refractivity contribution in [3.05, 3.63) is 0 Å². The van der Waals surface area contributed by atoms with Crippen LogP contribution in [0, 0.1) is 23.7 Å². The summed E-state index contributed by atoms with van der Waals surface area (Å²) in [7, 11) is 2.09. The van der Waals surface area contributed by atoms with Crippen LogP contribution in [0.3, 0.4) is 0 Å². The molecule has 0 aromatic rings. The van der Waals surface area contributed by atoms with Gasteiger partial charge in [-0.2, -0.15) is 0 Å². The summed E-state index contributed by atoms with van der Waals surface area (Å²) in [6.07, 6.45) is 7.58. The van der Waals surface area contributed by atoms with Gasteiger partial charge in [0.15, 0.2) is 0 Å². The first-order valence-corrected chi connectivity index (χ1v) is 7.66. The molecule has 5 atom stereocenters. The Morgan fingerprint density at radius 1 is 1.24 bits per heavy atom. The number of fused-ring (bicyclic) bond motifs is 2. The lowest BCUT2D eigenvalue weighted by Crippen LogP contribution is -2.39. The van der Waals surface area contributed by atoms with E-state index in [4.69, 9.17) is 0 Å². The summed E-state index contributed by atoms with van der Waals surface area (Å²) in [5, 5.41) is 3.34. The Morgan fingerprint density at radius 3 is 2.76 bits per heavy atom. The van der Waals surface area contributed by atoms with Crippen molar-refractivity contribution in [2.24, 2.45) is 23.7 Å². The van der Waals surface area contributed by atoms with Gasteiger partial charge in [0.25, 0.3) is 0 Å². The van der Waals surface area contributed by atoms with Gasteiger partial charge in [-0.25, -0.2) is 0 Å². The first kappa shape index (κ1) is 12.0. The zero-order valence-corrected chi connectivity index (χ0v) is 11.5. The summed E-state index contributed by atoms with van der Waals surface area (Å²) in [5.41, 5.74) is 0. The van der Waals surface area contributed by atoms with Crippen molar-refractivity contribution in [3.63, 3.8) is 0 Å². The molecule has 5 unspecified atom stereocenters. The van der Waals surface area contributed by atoms with Gasteiger partial charge < -0.3 is 10.2 Å². The number of nitrogens with zero attached hydrogens (tertiary/aromatic N) is 1. The second-order valence-electron chi connectivity index (χ2n) is 6.79. The lowest BCUT2D eigenvalue weighted by atomic mass is 9.83. The summed E-state index contributed by atoms with van der Waals surface area (Å²) < 4.78 is 0. The molecule has 1 N–H and O–H groups in total. The minimum atomic E-state index is 0.854. The highest BCUT2D eigenvalue weighted by molar-refractivity contribution is 4.96. The van der Waals surface area contributed by atoms with E-state index >= 15 is 0 Å². The number of nitrogens with one attached hydrogen (secondary N) is 1. The van der Waals surface area contributed by atoms with Crippen LogP contribution < -0.4 is 5.32 Å². The standard InChI is InChI=1S/C15H28N2/c1-11(15-8-12-3-4-14(15)7-12)17-6-5-13(10-17)9-16-2/h11-16H,3-10H2,1-2H3. The number of rotatable bonds is 4. The van der Waals surface area contributed by atoms with E-state index in [-0.39, 0.29) is 0 Å². The molecule has 1 aliphatic heterocycles. The van der Waals surface area contributed by atoms with Crippen LogP contribution >= 0.6 is 0 Å². The van der Waals surface area contributed by atoms with Crippen molar-refractivity contribution in [1.82, 2.24) is 10.2 Å². The predicted octanol–water partition coefficient (Wildman–Crippen LogP) is 2.35. The molecule has 3 rings (SSSR count). The van der Waals surface area contributed by atoms with E-state index in [1.165, 1.54) is 38.9 Å². The third kappa shape index (κ3) is 2.26. The summed E-state index contributed by atoms with van der Waals surface area (Å²) in [5.74, 6) is 4.12. The van der Waals surface area contributed by atoms with E-state index in [0.29, 0.717) is 0 Å². The maximum atomic E-state index is 3.34. The fraction of sp³-hybridized carbons (Fsp3) is 1.00. The zero-order chi connectivity index (χ0) is 11.8. The third-order valence-electron chi connectivity index (χ3n) is 5.80. The molecule has 17 heavy (non-hydrogen) atoms. The van der Waals surface area contributed by atoms with E-state index in [1.54, 1.807) is 12.8 Å². The van der Waals surface area contributed by atoms with Crippen molar-refractivity contribution in [3.8, 4) is 0 Å². The molecule has 0 radical (unpaired) electrons. The second kappa shape index (κ2) is 4.89. The zero-order valence-electron chi connectivity index (χ0n) is 11.5. The highest BCUT2D eigenvalue weighted by Gasteiger charge is 2.43. The van der Waals surface area contributed by atoms with Crippen LogP contribution in [0.2, 0.25) is 0 Å². The normalized spacial score (nSPS) is 43.4. The Morgan fingerprint density at radius 2 is 2.12 bits per heavy atom.